The minimum absolute atomic E-state index is 0.0253. The Morgan fingerprint density at radius 2 is 1.96 bits per heavy atom. The number of benzene rings is 2. The van der Waals surface area contributed by atoms with Gasteiger partial charge in [0.1, 0.15) is 5.82 Å². The summed E-state index contributed by atoms with van der Waals surface area (Å²) in [5.41, 5.74) is 1.27. The molecule has 2 aromatic rings. The third-order valence-electron chi connectivity index (χ3n) is 3.41. The van der Waals surface area contributed by atoms with Gasteiger partial charge in [0.2, 0.25) is 0 Å². The molecule has 128 valence electrons. The molecule has 0 unspecified atom stereocenters. The number of aliphatic imine (C=N–C) groups is 1. The normalized spacial score (nSPS) is 12.4. The summed E-state index contributed by atoms with van der Waals surface area (Å²) in [6.45, 7) is 3.99. The topological polar surface area (TPSA) is 30.8 Å². The number of methoxy groups -OCH3 is 1. The minimum atomic E-state index is -0.480. The Bertz CT molecular complexity index is 750. The van der Waals surface area contributed by atoms with Gasteiger partial charge in [-0.25, -0.2) is 4.39 Å². The van der Waals surface area contributed by atoms with Crippen molar-refractivity contribution in [3.63, 3.8) is 0 Å². The highest BCUT2D eigenvalue weighted by molar-refractivity contribution is 6.32. The van der Waals surface area contributed by atoms with Crippen LogP contribution >= 0.6 is 23.2 Å². The van der Waals surface area contributed by atoms with Crippen LogP contribution in [0.4, 0.5) is 10.1 Å². The first-order chi connectivity index (χ1) is 11.4. The first-order valence-corrected chi connectivity index (χ1v) is 8.23. The van der Waals surface area contributed by atoms with Crippen LogP contribution in [-0.2, 0) is 0 Å². The van der Waals surface area contributed by atoms with Crippen molar-refractivity contribution in [1.82, 2.24) is 0 Å². The molecule has 24 heavy (non-hydrogen) atoms. The predicted octanol–water partition coefficient (Wildman–Crippen LogP) is 6.07. The number of rotatable bonds is 6. The molecule has 0 aliphatic heterocycles. The largest absolute Gasteiger partial charge is 0.493 e. The Morgan fingerprint density at radius 3 is 2.58 bits per heavy atom. The zero-order valence-corrected chi connectivity index (χ0v) is 15.2. The van der Waals surface area contributed by atoms with Gasteiger partial charge >= 0.3 is 0 Å². The Morgan fingerprint density at radius 1 is 1.21 bits per heavy atom. The number of ether oxygens (including phenoxy) is 2. The molecule has 0 N–H and O–H groups in total. The fraction of sp³-hybridized carbons (Fsp3) is 0.278. The predicted molar refractivity (Wildman–Crippen MR) is 97.0 cm³/mol. The van der Waals surface area contributed by atoms with Crippen LogP contribution in [0.1, 0.15) is 25.8 Å². The van der Waals surface area contributed by atoms with E-state index in [0.717, 1.165) is 12.0 Å². The van der Waals surface area contributed by atoms with Gasteiger partial charge in [0.25, 0.3) is 0 Å². The van der Waals surface area contributed by atoms with E-state index in [2.05, 4.69) is 4.99 Å². The number of nitrogens with zero attached hydrogens (tertiary/aromatic N) is 1. The lowest BCUT2D eigenvalue weighted by atomic mass is 10.2. The summed E-state index contributed by atoms with van der Waals surface area (Å²) in [5, 5.41) is 0.464. The van der Waals surface area contributed by atoms with Crippen LogP contribution in [0.15, 0.2) is 35.3 Å². The van der Waals surface area contributed by atoms with E-state index in [0.29, 0.717) is 22.2 Å². The second kappa shape index (κ2) is 8.36. The highest BCUT2D eigenvalue weighted by atomic mass is 35.5. The molecule has 0 aliphatic rings. The van der Waals surface area contributed by atoms with Crippen molar-refractivity contribution >= 4 is 35.1 Å². The average molecular weight is 370 g/mol. The average Bonchev–Trinajstić information content (AvgIpc) is 2.57. The Labute approximate surface area is 151 Å². The lowest BCUT2D eigenvalue weighted by Gasteiger charge is -2.17. The van der Waals surface area contributed by atoms with Gasteiger partial charge in [-0.1, -0.05) is 30.1 Å². The van der Waals surface area contributed by atoms with Crippen LogP contribution in [0.5, 0.6) is 11.5 Å². The van der Waals surface area contributed by atoms with E-state index in [1.165, 1.54) is 18.2 Å². The fourth-order valence-electron chi connectivity index (χ4n) is 1.93. The van der Waals surface area contributed by atoms with Crippen molar-refractivity contribution in [2.24, 2.45) is 4.99 Å². The van der Waals surface area contributed by atoms with Gasteiger partial charge in [0.05, 0.1) is 28.9 Å². The second-order valence-corrected chi connectivity index (χ2v) is 6.04. The van der Waals surface area contributed by atoms with E-state index < -0.39 is 5.82 Å². The molecular weight excluding hydrogens is 352 g/mol. The first kappa shape index (κ1) is 18.6. The molecule has 6 heteroatoms. The maximum atomic E-state index is 13.2. The molecule has 1 atom stereocenters. The highest BCUT2D eigenvalue weighted by Gasteiger charge is 2.14. The molecule has 3 nitrogen and oxygen atoms in total. The van der Waals surface area contributed by atoms with Gasteiger partial charge in [-0.05, 0) is 49.2 Å². The number of hydrogen-bond acceptors (Lipinski definition) is 3. The molecule has 0 saturated carbocycles. The molecule has 0 aliphatic carbocycles. The molecule has 0 heterocycles. The Hall–Kier alpha value is -1.78. The van der Waals surface area contributed by atoms with Crippen LogP contribution in [0.25, 0.3) is 0 Å². The van der Waals surface area contributed by atoms with Crippen molar-refractivity contribution in [1.29, 1.82) is 0 Å². The van der Waals surface area contributed by atoms with E-state index in [-0.39, 0.29) is 11.1 Å². The summed E-state index contributed by atoms with van der Waals surface area (Å²) >= 11 is 12.0. The minimum Gasteiger partial charge on any atom is -0.493 e. The summed E-state index contributed by atoms with van der Waals surface area (Å²) in [5.74, 6) is 0.559. The Balaban J connectivity index is 2.29. The Kier molecular flexibility index (Phi) is 6.46. The van der Waals surface area contributed by atoms with Crippen LogP contribution in [0.2, 0.25) is 10.0 Å². The smallest absolute Gasteiger partial charge is 0.180 e. The molecule has 0 bridgehead atoms. The fourth-order valence-corrected chi connectivity index (χ4v) is 2.37. The zero-order chi connectivity index (χ0) is 17.7. The first-order valence-electron chi connectivity index (χ1n) is 7.48. The molecular formula is C18H18Cl2FNO2. The summed E-state index contributed by atoms with van der Waals surface area (Å²) in [4.78, 5) is 4.27. The maximum Gasteiger partial charge on any atom is 0.180 e. The summed E-state index contributed by atoms with van der Waals surface area (Å²) < 4.78 is 24.3. The highest BCUT2D eigenvalue weighted by Crippen LogP contribution is 2.37. The molecule has 0 aromatic heterocycles. The van der Waals surface area contributed by atoms with E-state index in [9.17, 15) is 4.39 Å². The second-order valence-electron chi connectivity index (χ2n) is 5.23. The van der Waals surface area contributed by atoms with Gasteiger partial charge in [0.15, 0.2) is 11.5 Å². The SMILES string of the molecule is CC[C@@H](C)Oc1c(Cl)cc(C=Nc2ccc(F)c(Cl)c2)cc1OC. The van der Waals surface area contributed by atoms with Crippen LogP contribution in [0.3, 0.4) is 0 Å². The third-order valence-corrected chi connectivity index (χ3v) is 3.98. The number of halogens is 3. The molecule has 0 amide bonds. The van der Waals surface area contributed by atoms with Gasteiger partial charge in [0, 0.05) is 6.21 Å². The van der Waals surface area contributed by atoms with Gasteiger partial charge in [-0.3, -0.25) is 4.99 Å². The molecule has 0 fully saturated rings. The zero-order valence-electron chi connectivity index (χ0n) is 13.6. The summed E-state index contributed by atoms with van der Waals surface area (Å²) in [6, 6.07) is 7.77. The van der Waals surface area contributed by atoms with Crippen molar-refractivity contribution < 1.29 is 13.9 Å². The lowest BCUT2D eigenvalue weighted by molar-refractivity contribution is 0.208. The molecule has 2 aromatic carbocycles. The number of hydrogen-bond donors (Lipinski definition) is 0. The quantitative estimate of drug-likeness (QED) is 0.578. The molecule has 0 saturated heterocycles. The van der Waals surface area contributed by atoms with E-state index in [1.54, 1.807) is 25.5 Å². The maximum absolute atomic E-state index is 13.2. The van der Waals surface area contributed by atoms with Crippen LogP contribution in [-0.4, -0.2) is 19.4 Å². The molecule has 0 radical (unpaired) electrons. The summed E-state index contributed by atoms with van der Waals surface area (Å²) in [6.07, 6.45) is 2.48. The van der Waals surface area contributed by atoms with Gasteiger partial charge < -0.3 is 9.47 Å². The summed E-state index contributed by atoms with van der Waals surface area (Å²) in [7, 11) is 1.55. The van der Waals surface area contributed by atoms with Crippen molar-refractivity contribution in [2.45, 2.75) is 26.4 Å². The lowest BCUT2D eigenvalue weighted by Crippen LogP contribution is -2.11. The van der Waals surface area contributed by atoms with Crippen molar-refractivity contribution in [3.05, 3.63) is 51.8 Å². The van der Waals surface area contributed by atoms with Crippen LogP contribution < -0.4 is 9.47 Å². The van der Waals surface area contributed by atoms with Gasteiger partial charge in [-0.2, -0.15) is 0 Å². The van der Waals surface area contributed by atoms with E-state index >= 15 is 0 Å². The standard InChI is InChI=1S/C18H18Cl2FNO2/c1-4-11(2)24-18-15(20)7-12(8-17(18)23-3)10-22-13-5-6-16(21)14(19)9-13/h5-11H,4H2,1-3H3/t11-/m1/s1. The molecule has 2 rings (SSSR count). The van der Waals surface area contributed by atoms with Crippen molar-refractivity contribution in [2.75, 3.05) is 7.11 Å². The molecule has 0 spiro atoms. The van der Waals surface area contributed by atoms with Crippen molar-refractivity contribution in [3.8, 4) is 11.5 Å². The van der Waals surface area contributed by atoms with Gasteiger partial charge in [-0.15, -0.1) is 0 Å². The van der Waals surface area contributed by atoms with Crippen LogP contribution in [0, 0.1) is 5.82 Å². The third kappa shape index (κ3) is 4.62. The van der Waals surface area contributed by atoms with E-state index in [1.807, 2.05) is 13.8 Å². The monoisotopic (exact) mass is 369 g/mol. The van der Waals surface area contributed by atoms with E-state index in [4.69, 9.17) is 32.7 Å².